The van der Waals surface area contributed by atoms with Crippen molar-refractivity contribution in [1.29, 1.82) is 0 Å². The highest BCUT2D eigenvalue weighted by atomic mass is 32.2. The van der Waals surface area contributed by atoms with Gasteiger partial charge in [-0.05, 0) is 19.8 Å². The number of carbonyl (C=O) groups excluding carboxylic acids is 1. The van der Waals surface area contributed by atoms with Crippen molar-refractivity contribution >= 4 is 15.7 Å². The van der Waals surface area contributed by atoms with E-state index in [0.717, 1.165) is 6.42 Å². The molecule has 5 heteroatoms. The van der Waals surface area contributed by atoms with E-state index in [4.69, 9.17) is 0 Å². The van der Waals surface area contributed by atoms with Crippen molar-refractivity contribution in [1.82, 2.24) is 5.32 Å². The minimum Gasteiger partial charge on any atom is -0.356 e. The first kappa shape index (κ1) is 9.96. The highest BCUT2D eigenvalue weighted by Crippen LogP contribution is 2.43. The minimum absolute atomic E-state index is 0.0483. The summed E-state index contributed by atoms with van der Waals surface area (Å²) in [6.45, 7) is 2.31. The van der Waals surface area contributed by atoms with Gasteiger partial charge in [0.1, 0.15) is 0 Å². The second-order valence-electron chi connectivity index (χ2n) is 4.40. The van der Waals surface area contributed by atoms with Crippen molar-refractivity contribution in [3.8, 4) is 0 Å². The van der Waals surface area contributed by atoms with Gasteiger partial charge < -0.3 is 5.32 Å². The second-order valence-corrected chi connectivity index (χ2v) is 6.84. The average molecular weight is 217 g/mol. The molecule has 2 atom stereocenters. The minimum atomic E-state index is -2.90. The van der Waals surface area contributed by atoms with Crippen molar-refractivity contribution in [2.45, 2.75) is 31.4 Å². The first-order valence-electron chi connectivity index (χ1n) is 4.95. The van der Waals surface area contributed by atoms with Gasteiger partial charge in [-0.15, -0.1) is 0 Å². The van der Waals surface area contributed by atoms with Crippen LogP contribution in [-0.2, 0) is 14.6 Å². The molecular weight excluding hydrogens is 202 g/mol. The summed E-state index contributed by atoms with van der Waals surface area (Å²) in [4.78, 5) is 11.0. The Balaban J connectivity index is 2.23. The molecule has 0 aromatic rings. The van der Waals surface area contributed by atoms with Crippen molar-refractivity contribution in [3.63, 3.8) is 0 Å². The fourth-order valence-corrected chi connectivity index (χ4v) is 4.61. The fraction of sp³-hybridized carbons (Fsp3) is 0.889. The molecule has 2 saturated heterocycles. The summed E-state index contributed by atoms with van der Waals surface area (Å²) in [7, 11) is -2.90. The first-order valence-corrected chi connectivity index (χ1v) is 6.66. The van der Waals surface area contributed by atoms with Crippen LogP contribution in [0.25, 0.3) is 0 Å². The van der Waals surface area contributed by atoms with Crippen molar-refractivity contribution in [3.05, 3.63) is 0 Å². The zero-order valence-corrected chi connectivity index (χ0v) is 9.06. The van der Waals surface area contributed by atoms with Gasteiger partial charge in [0, 0.05) is 18.4 Å². The molecule has 0 aromatic carbocycles. The van der Waals surface area contributed by atoms with E-state index >= 15 is 0 Å². The lowest BCUT2D eigenvalue weighted by Gasteiger charge is -2.35. The number of sulfone groups is 1. The van der Waals surface area contributed by atoms with Crippen LogP contribution in [-0.4, -0.2) is 31.9 Å². The Labute approximate surface area is 84.0 Å². The molecule has 80 valence electrons. The van der Waals surface area contributed by atoms with Crippen molar-refractivity contribution < 1.29 is 13.2 Å². The van der Waals surface area contributed by atoms with Crippen molar-refractivity contribution in [2.75, 3.05) is 12.3 Å². The fourth-order valence-electron chi connectivity index (χ4n) is 2.48. The molecule has 0 aromatic heterocycles. The zero-order chi connectivity index (χ0) is 10.4. The van der Waals surface area contributed by atoms with Crippen LogP contribution in [0.4, 0.5) is 0 Å². The summed E-state index contributed by atoms with van der Waals surface area (Å²) < 4.78 is 23.2. The second kappa shape index (κ2) is 2.95. The SMILES string of the molecule is CC1C2(CCC(=O)NC2)CCS1(=O)=O. The summed E-state index contributed by atoms with van der Waals surface area (Å²) in [5.74, 6) is 0.330. The molecular formula is C9H15NO3S. The third-order valence-corrected chi connectivity index (χ3v) is 6.12. The van der Waals surface area contributed by atoms with Crippen LogP contribution < -0.4 is 5.32 Å². The molecule has 1 spiro atoms. The van der Waals surface area contributed by atoms with Gasteiger partial charge >= 0.3 is 0 Å². The molecule has 1 N–H and O–H groups in total. The lowest BCUT2D eigenvalue weighted by molar-refractivity contribution is -0.124. The molecule has 0 aliphatic carbocycles. The number of hydrogen-bond donors (Lipinski definition) is 1. The summed E-state index contributed by atoms with van der Waals surface area (Å²) in [6, 6.07) is 0. The lowest BCUT2D eigenvalue weighted by atomic mass is 9.76. The van der Waals surface area contributed by atoms with Crippen LogP contribution >= 0.6 is 0 Å². The molecule has 2 aliphatic heterocycles. The Morgan fingerprint density at radius 2 is 2.14 bits per heavy atom. The zero-order valence-electron chi connectivity index (χ0n) is 8.25. The number of piperidine rings is 1. The lowest BCUT2D eigenvalue weighted by Crippen LogP contribution is -2.47. The molecule has 0 bridgehead atoms. The van der Waals surface area contributed by atoms with E-state index in [1.54, 1.807) is 6.92 Å². The number of carbonyl (C=O) groups is 1. The van der Waals surface area contributed by atoms with E-state index in [1.807, 2.05) is 0 Å². The average Bonchev–Trinajstić information content (AvgIpc) is 2.36. The van der Waals surface area contributed by atoms with Gasteiger partial charge in [0.25, 0.3) is 0 Å². The highest BCUT2D eigenvalue weighted by Gasteiger charge is 2.50. The maximum atomic E-state index is 11.6. The molecule has 14 heavy (non-hydrogen) atoms. The van der Waals surface area contributed by atoms with E-state index in [9.17, 15) is 13.2 Å². The smallest absolute Gasteiger partial charge is 0.220 e. The molecule has 2 aliphatic rings. The van der Waals surface area contributed by atoms with Gasteiger partial charge in [-0.3, -0.25) is 4.79 Å². The van der Waals surface area contributed by atoms with Crippen LogP contribution in [0.2, 0.25) is 0 Å². The topological polar surface area (TPSA) is 63.2 Å². The largest absolute Gasteiger partial charge is 0.356 e. The van der Waals surface area contributed by atoms with E-state index in [2.05, 4.69) is 5.32 Å². The third-order valence-electron chi connectivity index (χ3n) is 3.77. The Morgan fingerprint density at radius 1 is 1.43 bits per heavy atom. The van der Waals surface area contributed by atoms with Crippen molar-refractivity contribution in [2.24, 2.45) is 5.41 Å². The number of hydrogen-bond acceptors (Lipinski definition) is 3. The maximum absolute atomic E-state index is 11.6. The number of nitrogens with one attached hydrogen (secondary N) is 1. The Morgan fingerprint density at radius 3 is 2.57 bits per heavy atom. The molecule has 0 radical (unpaired) electrons. The van der Waals surface area contributed by atoms with Crippen LogP contribution in [0, 0.1) is 5.41 Å². The van der Waals surface area contributed by atoms with Gasteiger partial charge in [0.05, 0.1) is 11.0 Å². The molecule has 0 saturated carbocycles. The molecule has 4 nitrogen and oxygen atoms in total. The van der Waals surface area contributed by atoms with Crippen LogP contribution in [0.3, 0.4) is 0 Å². The van der Waals surface area contributed by atoms with E-state index < -0.39 is 9.84 Å². The van der Waals surface area contributed by atoms with E-state index in [0.29, 0.717) is 19.4 Å². The van der Waals surface area contributed by atoms with Gasteiger partial charge in [0.2, 0.25) is 5.91 Å². The van der Waals surface area contributed by atoms with Gasteiger partial charge in [-0.1, -0.05) is 0 Å². The molecule has 2 fully saturated rings. The predicted octanol–water partition coefficient (Wildman–Crippen LogP) is 0.0898. The van der Waals surface area contributed by atoms with E-state index in [1.165, 1.54) is 0 Å². The number of amides is 1. The quantitative estimate of drug-likeness (QED) is 0.625. The Kier molecular flexibility index (Phi) is 2.10. The summed E-state index contributed by atoms with van der Waals surface area (Å²) in [5, 5.41) is 2.48. The third kappa shape index (κ3) is 1.34. The molecule has 2 rings (SSSR count). The molecule has 1 amide bonds. The first-order chi connectivity index (χ1) is 6.46. The number of rotatable bonds is 0. The van der Waals surface area contributed by atoms with Crippen LogP contribution in [0.15, 0.2) is 0 Å². The normalized spacial score (nSPS) is 41.2. The van der Waals surface area contributed by atoms with Gasteiger partial charge in [-0.25, -0.2) is 8.42 Å². The maximum Gasteiger partial charge on any atom is 0.220 e. The van der Waals surface area contributed by atoms with E-state index in [-0.39, 0.29) is 22.3 Å². The summed E-state index contributed by atoms with van der Waals surface area (Å²) in [6.07, 6.45) is 1.90. The molecule has 2 heterocycles. The standard InChI is InChI=1S/C9H15NO3S/c1-7-9(4-5-14(7,12)13)3-2-8(11)10-6-9/h7H,2-6H2,1H3,(H,10,11). The van der Waals surface area contributed by atoms with Gasteiger partial charge in [-0.2, -0.15) is 0 Å². The Bertz CT molecular complexity index is 350. The molecule has 2 unspecified atom stereocenters. The predicted molar refractivity (Wildman–Crippen MR) is 52.5 cm³/mol. The van der Waals surface area contributed by atoms with Crippen LogP contribution in [0.1, 0.15) is 26.2 Å². The summed E-state index contributed by atoms with van der Waals surface area (Å²) in [5.41, 5.74) is -0.174. The van der Waals surface area contributed by atoms with Crippen LogP contribution in [0.5, 0.6) is 0 Å². The van der Waals surface area contributed by atoms with Gasteiger partial charge in [0.15, 0.2) is 9.84 Å². The monoisotopic (exact) mass is 217 g/mol. The highest BCUT2D eigenvalue weighted by molar-refractivity contribution is 7.92. The Hall–Kier alpha value is -0.580. The summed E-state index contributed by atoms with van der Waals surface area (Å²) >= 11 is 0.